The lowest BCUT2D eigenvalue weighted by atomic mass is 9.84. The molecule has 29 heavy (non-hydrogen) atoms. The van der Waals surface area contributed by atoms with Crippen molar-refractivity contribution in [2.45, 2.75) is 12.6 Å². The summed E-state index contributed by atoms with van der Waals surface area (Å²) in [5.41, 5.74) is 13.7. The number of nitrogen functional groups attached to an aromatic ring is 1. The van der Waals surface area contributed by atoms with Crippen molar-refractivity contribution in [3.05, 3.63) is 83.5 Å². The van der Waals surface area contributed by atoms with Gasteiger partial charge in [0.1, 0.15) is 4.98 Å². The van der Waals surface area contributed by atoms with Gasteiger partial charge in [0.15, 0.2) is 5.92 Å². The van der Waals surface area contributed by atoms with Crippen molar-refractivity contribution in [3.8, 4) is 0 Å². The van der Waals surface area contributed by atoms with E-state index in [1.165, 1.54) is 5.01 Å². The Morgan fingerprint density at radius 1 is 1.17 bits per heavy atom. The Morgan fingerprint density at radius 2 is 1.90 bits per heavy atom. The van der Waals surface area contributed by atoms with Crippen LogP contribution >= 0.6 is 0 Å². The van der Waals surface area contributed by atoms with Crippen LogP contribution in [0.4, 0.5) is 11.4 Å². The van der Waals surface area contributed by atoms with Gasteiger partial charge in [0.25, 0.3) is 5.91 Å². The van der Waals surface area contributed by atoms with Gasteiger partial charge in [0.05, 0.1) is 11.4 Å². The first-order chi connectivity index (χ1) is 14.0. The van der Waals surface area contributed by atoms with E-state index in [4.69, 9.17) is 5.73 Å². The molecule has 0 aliphatic carbocycles. The summed E-state index contributed by atoms with van der Waals surface area (Å²) in [4.78, 5) is 17.0. The third-order valence-corrected chi connectivity index (χ3v) is 4.98. The van der Waals surface area contributed by atoms with Crippen LogP contribution in [0, 0.1) is 11.3 Å². The number of hydrogen-bond acceptors (Lipinski definition) is 6. The minimum absolute atomic E-state index is 0.278. The van der Waals surface area contributed by atoms with E-state index in [-0.39, 0.29) is 5.91 Å². The average molecular weight is 386 g/mol. The van der Waals surface area contributed by atoms with Gasteiger partial charge in [-0.25, -0.2) is 5.01 Å². The second-order valence-electron chi connectivity index (χ2n) is 6.99. The highest BCUT2D eigenvalue weighted by atomic mass is 16.2. The van der Waals surface area contributed by atoms with Crippen LogP contribution in [0.2, 0.25) is 0 Å². The van der Waals surface area contributed by atoms with Gasteiger partial charge >= 0.3 is 5.66 Å². The molecule has 2 unspecified atom stereocenters. The maximum Gasteiger partial charge on any atom is 0.407 e. The van der Waals surface area contributed by atoms with Gasteiger partial charge in [-0.1, -0.05) is 36.4 Å². The molecule has 8 heteroatoms. The molecule has 8 nitrogen and oxygen atoms in total. The lowest BCUT2D eigenvalue weighted by Gasteiger charge is -2.16. The molecule has 2 heterocycles. The molecule has 4 rings (SSSR count). The molecule has 2 aliphatic heterocycles. The maximum atomic E-state index is 13.4. The van der Waals surface area contributed by atoms with Crippen LogP contribution in [-0.2, 0) is 4.79 Å². The number of allylic oxidation sites excluding steroid dienone is 3. The third kappa shape index (κ3) is 3.24. The van der Waals surface area contributed by atoms with Crippen molar-refractivity contribution < 1.29 is 4.79 Å². The van der Waals surface area contributed by atoms with Crippen molar-refractivity contribution in [1.29, 1.82) is 5.39 Å². The minimum Gasteiger partial charge on any atom is -0.399 e. The molecule has 0 aromatic heterocycles. The monoisotopic (exact) mass is 386 g/mol. The molecule has 144 valence electrons. The van der Waals surface area contributed by atoms with Gasteiger partial charge < -0.3 is 5.73 Å². The normalized spacial score (nSPS) is 23.7. The molecule has 4 N–H and O–H groups in total. The topological polar surface area (TPSA) is 111 Å². The molecule has 1 saturated heterocycles. The number of rotatable bonds is 3. The number of amides is 1. The Kier molecular flexibility index (Phi) is 4.58. The molecule has 2 aliphatic rings. The SMILES string of the molecule is CC1([N+]#N)NN(c2ccccc2)C(=O)C1C1=NNC=CC=C1c1ccc(N)cc1. The van der Waals surface area contributed by atoms with Crippen molar-refractivity contribution in [1.82, 2.24) is 10.9 Å². The predicted molar refractivity (Wildman–Crippen MR) is 113 cm³/mol. The van der Waals surface area contributed by atoms with E-state index < -0.39 is 11.6 Å². The van der Waals surface area contributed by atoms with Crippen LogP contribution < -0.4 is 21.6 Å². The number of hydrazone groups is 1. The number of nitrogens with two attached hydrogens (primary N) is 1. The molecule has 0 radical (unpaired) electrons. The summed E-state index contributed by atoms with van der Waals surface area (Å²) in [7, 11) is 0. The molecule has 1 amide bonds. The smallest absolute Gasteiger partial charge is 0.399 e. The van der Waals surface area contributed by atoms with Gasteiger partial charge in [-0.2, -0.15) is 5.10 Å². The highest BCUT2D eigenvalue weighted by Crippen LogP contribution is 2.36. The zero-order valence-corrected chi connectivity index (χ0v) is 15.8. The third-order valence-electron chi connectivity index (χ3n) is 4.98. The standard InChI is InChI=1S/C21H19N7O/c1-21(26-23)18(20(29)28(27-21)16-6-3-2-4-7-16)19-17(8-5-13-24-25-19)14-9-11-15(22)12-10-14/h2-13,18,22-23,27H,1H3/p+1. The van der Waals surface area contributed by atoms with E-state index in [9.17, 15) is 10.2 Å². The molecule has 1 fully saturated rings. The molecule has 2 aromatic carbocycles. The van der Waals surface area contributed by atoms with E-state index in [1.54, 1.807) is 43.5 Å². The number of nitrogens with one attached hydrogen (secondary N) is 2. The second-order valence-corrected chi connectivity index (χ2v) is 6.99. The summed E-state index contributed by atoms with van der Waals surface area (Å²) >= 11 is 0. The van der Waals surface area contributed by atoms with Crippen LogP contribution in [0.3, 0.4) is 0 Å². The fraction of sp³-hybridized carbons (Fsp3) is 0.143. The van der Waals surface area contributed by atoms with Gasteiger partial charge in [0, 0.05) is 24.4 Å². The number of para-hydroxylation sites is 1. The Bertz CT molecular complexity index is 1070. The van der Waals surface area contributed by atoms with E-state index in [0.29, 0.717) is 17.1 Å². The first-order valence-corrected chi connectivity index (χ1v) is 9.13. The zero-order chi connectivity index (χ0) is 20.4. The average Bonchev–Trinajstić information content (AvgIpc) is 2.88. The number of hydrogen-bond donors (Lipinski definition) is 3. The van der Waals surface area contributed by atoms with Crippen molar-refractivity contribution >= 4 is 28.6 Å². The molecule has 0 saturated carbocycles. The summed E-state index contributed by atoms with van der Waals surface area (Å²) in [6, 6.07) is 16.4. The number of anilines is 2. The van der Waals surface area contributed by atoms with Gasteiger partial charge in [-0.15, -0.1) is 5.43 Å². The van der Waals surface area contributed by atoms with Crippen molar-refractivity contribution in [2.75, 3.05) is 10.7 Å². The number of hydrazine groups is 1. The summed E-state index contributed by atoms with van der Waals surface area (Å²) < 4.78 is 0. The molecule has 2 atom stereocenters. The molecule has 0 spiro atoms. The summed E-state index contributed by atoms with van der Waals surface area (Å²) in [5, 5.41) is 15.7. The molecular formula is C21H20N7O+. The van der Waals surface area contributed by atoms with Crippen LogP contribution in [0.15, 0.2) is 78.1 Å². The highest BCUT2D eigenvalue weighted by Gasteiger charge is 2.63. The summed E-state index contributed by atoms with van der Waals surface area (Å²) in [6.07, 6.45) is 5.33. The van der Waals surface area contributed by atoms with E-state index in [0.717, 1.165) is 11.1 Å². The van der Waals surface area contributed by atoms with Crippen molar-refractivity contribution in [2.24, 2.45) is 11.0 Å². The Balaban J connectivity index is 1.80. The lowest BCUT2D eigenvalue weighted by molar-refractivity contribution is -0.119. The number of nitrogens with zero attached hydrogens (tertiary/aromatic N) is 4. The second kappa shape index (κ2) is 7.22. The van der Waals surface area contributed by atoms with Crippen molar-refractivity contribution in [3.63, 3.8) is 0 Å². The van der Waals surface area contributed by atoms with Gasteiger partial charge in [-0.3, -0.25) is 10.2 Å². The number of benzene rings is 2. The van der Waals surface area contributed by atoms with E-state index in [2.05, 4.69) is 20.9 Å². The molecular weight excluding hydrogens is 366 g/mol. The predicted octanol–water partition coefficient (Wildman–Crippen LogP) is 2.86. The van der Waals surface area contributed by atoms with Crippen LogP contribution in [-0.4, -0.2) is 17.3 Å². The quantitative estimate of drug-likeness (QED) is 0.555. The largest absolute Gasteiger partial charge is 0.407 e. The van der Waals surface area contributed by atoms with Gasteiger partial charge in [0.2, 0.25) is 5.39 Å². The van der Waals surface area contributed by atoms with Crippen LogP contribution in [0.5, 0.6) is 0 Å². The number of carbonyl (C=O) groups is 1. The van der Waals surface area contributed by atoms with Gasteiger partial charge in [-0.05, 0) is 35.9 Å². The fourth-order valence-electron chi connectivity index (χ4n) is 3.51. The maximum absolute atomic E-state index is 13.4. The first kappa shape index (κ1) is 18.4. The lowest BCUT2D eigenvalue weighted by Crippen LogP contribution is -2.45. The summed E-state index contributed by atoms with van der Waals surface area (Å²) in [5.74, 6) is -1.15. The van der Waals surface area contributed by atoms with E-state index >= 15 is 0 Å². The number of carbonyl (C=O) groups excluding carboxylic acids is 1. The minimum atomic E-state index is -1.30. The molecule has 0 bridgehead atoms. The van der Waals surface area contributed by atoms with E-state index in [1.807, 2.05) is 36.4 Å². The Morgan fingerprint density at radius 3 is 2.59 bits per heavy atom. The van der Waals surface area contributed by atoms with Crippen LogP contribution in [0.25, 0.3) is 10.5 Å². The summed E-state index contributed by atoms with van der Waals surface area (Å²) in [6.45, 7) is 1.65. The fourth-order valence-corrected chi connectivity index (χ4v) is 3.51. The Hall–Kier alpha value is -3.96. The Labute approximate surface area is 168 Å². The zero-order valence-electron chi connectivity index (χ0n) is 15.8. The van der Waals surface area contributed by atoms with Crippen LogP contribution in [0.1, 0.15) is 12.5 Å². The molecule has 2 aromatic rings. The highest BCUT2D eigenvalue weighted by molar-refractivity contribution is 6.32. The number of diazo groups is 1. The first-order valence-electron chi connectivity index (χ1n) is 9.13.